The minimum atomic E-state index is -0.237. The summed E-state index contributed by atoms with van der Waals surface area (Å²) < 4.78 is 5.17. The Morgan fingerprint density at radius 1 is 1.07 bits per heavy atom. The molecule has 2 heteroatoms. The van der Waals surface area contributed by atoms with Crippen molar-refractivity contribution in [2.24, 2.45) is 0 Å². The van der Waals surface area contributed by atoms with Gasteiger partial charge < -0.3 is 4.42 Å². The highest BCUT2D eigenvalue weighted by Gasteiger charge is 2.06. The first-order chi connectivity index (χ1) is 6.59. The molecule has 0 saturated heterocycles. The van der Waals surface area contributed by atoms with Crippen LogP contribution in [0, 0.1) is 20.8 Å². The normalized spacial score (nSPS) is 10.8. The van der Waals surface area contributed by atoms with Crippen molar-refractivity contribution >= 4 is 11.0 Å². The second kappa shape index (κ2) is 2.98. The molecule has 0 fully saturated rings. The van der Waals surface area contributed by atoms with Crippen molar-refractivity contribution in [3.63, 3.8) is 0 Å². The molecule has 0 saturated carbocycles. The molecule has 0 aliphatic heterocycles. The molecule has 0 atom stereocenters. The lowest BCUT2D eigenvalue weighted by atomic mass is 10.1. The van der Waals surface area contributed by atoms with Crippen molar-refractivity contribution in [1.82, 2.24) is 0 Å². The van der Waals surface area contributed by atoms with Gasteiger partial charge in [0.25, 0.3) is 0 Å². The Kier molecular flexibility index (Phi) is 1.92. The lowest BCUT2D eigenvalue weighted by Gasteiger charge is -2.04. The lowest BCUT2D eigenvalue weighted by Crippen LogP contribution is -2.05. The molecule has 14 heavy (non-hydrogen) atoms. The van der Waals surface area contributed by atoms with E-state index in [4.69, 9.17) is 4.42 Å². The van der Waals surface area contributed by atoms with E-state index in [-0.39, 0.29) is 5.63 Å². The van der Waals surface area contributed by atoms with Crippen LogP contribution in [0.1, 0.15) is 16.7 Å². The molecule has 2 nitrogen and oxygen atoms in total. The van der Waals surface area contributed by atoms with E-state index in [2.05, 4.69) is 0 Å². The zero-order chi connectivity index (χ0) is 10.3. The van der Waals surface area contributed by atoms with E-state index in [0.29, 0.717) is 11.1 Å². The molecule has 0 bridgehead atoms. The number of benzene rings is 1. The summed E-state index contributed by atoms with van der Waals surface area (Å²) in [4.78, 5) is 11.4. The quantitative estimate of drug-likeness (QED) is 0.595. The molecule has 0 N–H and O–H groups in total. The van der Waals surface area contributed by atoms with Crippen LogP contribution in [0.3, 0.4) is 0 Å². The summed E-state index contributed by atoms with van der Waals surface area (Å²) in [7, 11) is 0. The highest BCUT2D eigenvalue weighted by Crippen LogP contribution is 2.19. The summed E-state index contributed by atoms with van der Waals surface area (Å²) in [5.74, 6) is 0. The first-order valence-corrected chi connectivity index (χ1v) is 4.60. The van der Waals surface area contributed by atoms with E-state index in [1.807, 2.05) is 32.0 Å². The number of hydrogen-bond acceptors (Lipinski definition) is 2. The predicted molar refractivity (Wildman–Crippen MR) is 56.7 cm³/mol. The molecule has 1 heterocycles. The molecule has 2 aromatic rings. The van der Waals surface area contributed by atoms with Crippen molar-refractivity contribution in [1.29, 1.82) is 0 Å². The molecule has 1 aromatic heterocycles. The minimum Gasteiger partial charge on any atom is -0.423 e. The number of fused-ring (bicyclic) bond motifs is 1. The molecule has 72 valence electrons. The number of hydrogen-bond donors (Lipinski definition) is 0. The van der Waals surface area contributed by atoms with Crippen LogP contribution in [0.5, 0.6) is 0 Å². The van der Waals surface area contributed by atoms with Crippen LogP contribution in [0.2, 0.25) is 0 Å². The van der Waals surface area contributed by atoms with E-state index >= 15 is 0 Å². The summed E-state index contributed by atoms with van der Waals surface area (Å²) in [5.41, 5.74) is 3.32. The van der Waals surface area contributed by atoms with Crippen molar-refractivity contribution < 1.29 is 4.42 Å². The van der Waals surface area contributed by atoms with Gasteiger partial charge in [0.05, 0.1) is 0 Å². The zero-order valence-corrected chi connectivity index (χ0v) is 8.55. The molecular weight excluding hydrogens is 176 g/mol. The maximum atomic E-state index is 11.4. The van der Waals surface area contributed by atoms with Crippen LogP contribution in [-0.2, 0) is 0 Å². The second-order valence-electron chi connectivity index (χ2n) is 3.64. The summed E-state index contributed by atoms with van der Waals surface area (Å²) >= 11 is 0. The molecule has 0 radical (unpaired) electrons. The van der Waals surface area contributed by atoms with E-state index in [9.17, 15) is 4.79 Å². The van der Waals surface area contributed by atoms with Gasteiger partial charge in [-0.05, 0) is 38.5 Å². The van der Waals surface area contributed by atoms with Crippen molar-refractivity contribution in [3.8, 4) is 0 Å². The van der Waals surface area contributed by atoms with E-state index in [0.717, 1.165) is 10.9 Å². The third-order valence-electron chi connectivity index (χ3n) is 2.61. The first kappa shape index (κ1) is 9.00. The highest BCUT2D eigenvalue weighted by molar-refractivity contribution is 5.81. The van der Waals surface area contributed by atoms with Crippen LogP contribution in [0.15, 0.2) is 27.4 Å². The van der Waals surface area contributed by atoms with Gasteiger partial charge in [0, 0.05) is 10.9 Å². The average Bonchev–Trinajstić information content (AvgIpc) is 2.16. The van der Waals surface area contributed by atoms with Gasteiger partial charge in [0.2, 0.25) is 0 Å². The van der Waals surface area contributed by atoms with Crippen molar-refractivity contribution in [3.05, 3.63) is 45.3 Å². The van der Waals surface area contributed by atoms with Crippen LogP contribution in [0.25, 0.3) is 11.0 Å². The fourth-order valence-electron chi connectivity index (χ4n) is 1.56. The molecule has 0 unspecified atom stereocenters. The molecule has 0 aliphatic carbocycles. The maximum Gasteiger partial charge on any atom is 0.339 e. The SMILES string of the molecule is Cc1ccc2oc(=O)c(C)c(C)c2c1. The third kappa shape index (κ3) is 1.23. The second-order valence-corrected chi connectivity index (χ2v) is 3.64. The van der Waals surface area contributed by atoms with Gasteiger partial charge in [0.1, 0.15) is 5.58 Å². The van der Waals surface area contributed by atoms with Gasteiger partial charge in [-0.1, -0.05) is 11.6 Å². The highest BCUT2D eigenvalue weighted by atomic mass is 16.4. The molecular formula is C12H12O2. The summed E-state index contributed by atoms with van der Waals surface area (Å²) in [5, 5.41) is 1.03. The van der Waals surface area contributed by atoms with Gasteiger partial charge in [-0.2, -0.15) is 0 Å². The van der Waals surface area contributed by atoms with E-state index < -0.39 is 0 Å². The van der Waals surface area contributed by atoms with Crippen LogP contribution < -0.4 is 5.63 Å². The van der Waals surface area contributed by atoms with E-state index in [1.165, 1.54) is 5.56 Å². The Bertz CT molecular complexity index is 550. The molecule has 0 amide bonds. The van der Waals surface area contributed by atoms with Crippen LogP contribution in [0.4, 0.5) is 0 Å². The zero-order valence-electron chi connectivity index (χ0n) is 8.55. The predicted octanol–water partition coefficient (Wildman–Crippen LogP) is 2.72. The van der Waals surface area contributed by atoms with Crippen molar-refractivity contribution in [2.45, 2.75) is 20.8 Å². The molecule has 1 aromatic carbocycles. The van der Waals surface area contributed by atoms with Crippen LogP contribution >= 0.6 is 0 Å². The standard InChI is InChI=1S/C12H12O2/c1-7-4-5-11-10(6-7)8(2)9(3)12(13)14-11/h4-6H,1-3H3. The topological polar surface area (TPSA) is 30.2 Å². The average molecular weight is 188 g/mol. The molecule has 2 rings (SSSR count). The molecule has 0 aliphatic rings. The minimum absolute atomic E-state index is 0.237. The Morgan fingerprint density at radius 2 is 1.79 bits per heavy atom. The number of rotatable bonds is 0. The van der Waals surface area contributed by atoms with Gasteiger partial charge >= 0.3 is 5.63 Å². The Hall–Kier alpha value is -1.57. The van der Waals surface area contributed by atoms with E-state index in [1.54, 1.807) is 6.92 Å². The van der Waals surface area contributed by atoms with Crippen molar-refractivity contribution in [2.75, 3.05) is 0 Å². The Labute approximate surface area is 82.2 Å². The Morgan fingerprint density at radius 3 is 2.50 bits per heavy atom. The monoisotopic (exact) mass is 188 g/mol. The van der Waals surface area contributed by atoms with Gasteiger partial charge in [-0.3, -0.25) is 0 Å². The first-order valence-electron chi connectivity index (χ1n) is 4.60. The smallest absolute Gasteiger partial charge is 0.339 e. The van der Waals surface area contributed by atoms with Gasteiger partial charge in [-0.15, -0.1) is 0 Å². The largest absolute Gasteiger partial charge is 0.423 e. The van der Waals surface area contributed by atoms with Gasteiger partial charge in [0.15, 0.2) is 0 Å². The summed E-state index contributed by atoms with van der Waals surface area (Å²) in [6.45, 7) is 5.77. The fourth-order valence-corrected chi connectivity index (χ4v) is 1.56. The third-order valence-corrected chi connectivity index (χ3v) is 2.61. The molecule has 0 spiro atoms. The van der Waals surface area contributed by atoms with Crippen LogP contribution in [-0.4, -0.2) is 0 Å². The lowest BCUT2D eigenvalue weighted by molar-refractivity contribution is 0.553. The summed E-state index contributed by atoms with van der Waals surface area (Å²) in [6, 6.07) is 5.83. The maximum absolute atomic E-state index is 11.4. The Balaban J connectivity index is 2.99. The summed E-state index contributed by atoms with van der Waals surface area (Å²) in [6.07, 6.45) is 0. The van der Waals surface area contributed by atoms with Gasteiger partial charge in [-0.25, -0.2) is 4.79 Å². The fraction of sp³-hybridized carbons (Fsp3) is 0.250. The number of aryl methyl sites for hydroxylation is 2.